The lowest BCUT2D eigenvalue weighted by Gasteiger charge is -2.43. The van der Waals surface area contributed by atoms with Gasteiger partial charge in [-0.3, -0.25) is 24.5 Å². The number of rotatable bonds is 4. The first-order valence-corrected chi connectivity index (χ1v) is 20.2. The summed E-state index contributed by atoms with van der Waals surface area (Å²) in [7, 11) is 2.19. The zero-order chi connectivity index (χ0) is 35.5. The predicted molar refractivity (Wildman–Crippen MR) is 203 cm³/mol. The Bertz CT molecular complexity index is 836. The molecule has 11 nitrogen and oxygen atoms in total. The molecule has 7 heterocycles. The minimum absolute atomic E-state index is 0.0721. The van der Waals surface area contributed by atoms with Crippen LogP contribution in [-0.4, -0.2) is 207 Å². The van der Waals surface area contributed by atoms with Crippen molar-refractivity contribution < 1.29 is 14.6 Å². The molecule has 7 rings (SSSR count). The average molecular weight is 695 g/mol. The fourth-order valence-corrected chi connectivity index (χ4v) is 8.40. The van der Waals surface area contributed by atoms with Crippen molar-refractivity contribution in [2.24, 2.45) is 0 Å². The molecule has 11 heteroatoms. The minimum atomic E-state index is -0.0721. The van der Waals surface area contributed by atoms with Crippen molar-refractivity contribution in [3.05, 3.63) is 0 Å². The number of ether oxygens (including phenoxy) is 2. The van der Waals surface area contributed by atoms with E-state index in [1.807, 2.05) is 0 Å². The number of morpholine rings is 2. The maximum absolute atomic E-state index is 9.52. The van der Waals surface area contributed by atoms with Gasteiger partial charge in [-0.15, -0.1) is 0 Å². The van der Waals surface area contributed by atoms with E-state index in [1.165, 1.54) is 58.7 Å². The number of hydrogen-bond donors (Lipinski definition) is 3. The van der Waals surface area contributed by atoms with Gasteiger partial charge in [-0.25, -0.2) is 0 Å². The van der Waals surface area contributed by atoms with Crippen molar-refractivity contribution in [1.29, 1.82) is 0 Å². The van der Waals surface area contributed by atoms with E-state index in [4.69, 9.17) is 9.47 Å². The lowest BCUT2D eigenvalue weighted by Crippen LogP contribution is -2.59. The van der Waals surface area contributed by atoms with Gasteiger partial charge in [0.2, 0.25) is 0 Å². The van der Waals surface area contributed by atoms with Gasteiger partial charge in [0.05, 0.1) is 31.5 Å². The Morgan fingerprint density at radius 1 is 0.551 bits per heavy atom. The summed E-state index contributed by atoms with van der Waals surface area (Å²) in [5, 5.41) is 16.6. The molecule has 7 saturated heterocycles. The molecule has 0 bridgehead atoms. The summed E-state index contributed by atoms with van der Waals surface area (Å²) in [5.41, 5.74) is 0. The highest BCUT2D eigenvalue weighted by molar-refractivity contribution is 4.92. The first kappa shape index (κ1) is 41.3. The maximum Gasteiger partial charge on any atom is 0.0753 e. The fraction of sp³-hybridized carbons (Fsp3) is 1.00. The molecule has 0 aromatic carbocycles. The van der Waals surface area contributed by atoms with Crippen LogP contribution >= 0.6 is 0 Å². The Balaban J connectivity index is 0.000000148. The molecule has 288 valence electrons. The van der Waals surface area contributed by atoms with Crippen molar-refractivity contribution in [1.82, 2.24) is 40.0 Å². The molecule has 3 N–H and O–H groups in total. The summed E-state index contributed by atoms with van der Waals surface area (Å²) in [5.74, 6) is 0. The molecular formula is C38H78N8O3. The number of fused-ring (bicyclic) bond motifs is 3. The Hall–Kier alpha value is -0.440. The van der Waals surface area contributed by atoms with E-state index in [2.05, 4.69) is 102 Å². The molecule has 0 aliphatic carbocycles. The molecule has 0 unspecified atom stereocenters. The molecule has 6 atom stereocenters. The first-order valence-electron chi connectivity index (χ1n) is 20.2. The highest BCUT2D eigenvalue weighted by atomic mass is 16.5. The van der Waals surface area contributed by atoms with Gasteiger partial charge in [0.25, 0.3) is 0 Å². The molecular weight excluding hydrogens is 616 g/mol. The molecule has 0 spiro atoms. The van der Waals surface area contributed by atoms with Crippen LogP contribution in [0, 0.1) is 0 Å². The van der Waals surface area contributed by atoms with E-state index < -0.39 is 0 Å². The van der Waals surface area contributed by atoms with Gasteiger partial charge < -0.3 is 30.1 Å². The van der Waals surface area contributed by atoms with Crippen molar-refractivity contribution in [2.75, 3.05) is 112 Å². The average Bonchev–Trinajstić information content (AvgIpc) is 3.48. The van der Waals surface area contributed by atoms with Crippen LogP contribution in [0.2, 0.25) is 0 Å². The number of hydrogen-bond acceptors (Lipinski definition) is 11. The van der Waals surface area contributed by atoms with Crippen LogP contribution in [0.15, 0.2) is 0 Å². The summed E-state index contributed by atoms with van der Waals surface area (Å²) in [6.45, 7) is 35.9. The lowest BCUT2D eigenvalue weighted by atomic mass is 9.99. The number of nitrogens with one attached hydrogen (secondary N) is 2. The summed E-state index contributed by atoms with van der Waals surface area (Å²) in [6, 6.07) is 4.49. The number of piperazine rings is 2. The SMILES string of the molecule is CC(C)N1CCN(C)CC1.CC(C)N1CCN2C[C@H](O)C[C@H]2C1.CC(C)N1CC[C@@H]2OCCN[C@H]2C1.CC(C)N1CC[C@H]2OCCN[C@@H]2C1. The lowest BCUT2D eigenvalue weighted by molar-refractivity contribution is -0.0481. The second-order valence-corrected chi connectivity index (χ2v) is 16.8. The van der Waals surface area contributed by atoms with Gasteiger partial charge in [0, 0.05) is 134 Å². The quantitative estimate of drug-likeness (QED) is 0.403. The minimum Gasteiger partial charge on any atom is -0.392 e. The number of aliphatic hydroxyl groups excluding tert-OH is 1. The van der Waals surface area contributed by atoms with Gasteiger partial charge in [0.1, 0.15) is 0 Å². The van der Waals surface area contributed by atoms with Gasteiger partial charge >= 0.3 is 0 Å². The molecule has 0 radical (unpaired) electrons. The highest BCUT2D eigenvalue weighted by Crippen LogP contribution is 2.23. The van der Waals surface area contributed by atoms with E-state index in [-0.39, 0.29) is 6.10 Å². The van der Waals surface area contributed by atoms with Gasteiger partial charge in [0.15, 0.2) is 0 Å². The molecule has 0 aromatic heterocycles. The fourth-order valence-electron chi connectivity index (χ4n) is 8.40. The van der Waals surface area contributed by atoms with Crippen LogP contribution < -0.4 is 10.6 Å². The molecule has 0 aromatic rings. The molecule has 7 aliphatic heterocycles. The summed E-state index contributed by atoms with van der Waals surface area (Å²) >= 11 is 0. The molecule has 0 amide bonds. The number of likely N-dealkylation sites (N-methyl/N-ethyl adjacent to an activating group) is 1. The van der Waals surface area contributed by atoms with Crippen LogP contribution in [0.1, 0.15) is 74.7 Å². The normalized spacial score (nSPS) is 33.9. The number of likely N-dealkylation sites (tertiary alicyclic amines) is 2. The van der Waals surface area contributed by atoms with Gasteiger partial charge in [-0.2, -0.15) is 0 Å². The molecule has 7 fully saturated rings. The second-order valence-electron chi connectivity index (χ2n) is 16.8. The molecule has 7 aliphatic rings. The van der Waals surface area contributed by atoms with Gasteiger partial charge in [-0.05, 0) is 81.7 Å². The third-order valence-corrected chi connectivity index (χ3v) is 11.9. The van der Waals surface area contributed by atoms with Crippen LogP contribution in [0.5, 0.6) is 0 Å². The maximum atomic E-state index is 9.52. The highest BCUT2D eigenvalue weighted by Gasteiger charge is 2.36. The monoisotopic (exact) mass is 695 g/mol. The largest absolute Gasteiger partial charge is 0.392 e. The topological polar surface area (TPSA) is 82.2 Å². The number of piperidine rings is 2. The Kier molecular flexibility index (Phi) is 17.5. The smallest absolute Gasteiger partial charge is 0.0753 e. The first-order chi connectivity index (χ1) is 23.4. The van der Waals surface area contributed by atoms with Crippen LogP contribution in [0.4, 0.5) is 0 Å². The van der Waals surface area contributed by atoms with Crippen molar-refractivity contribution in [2.45, 2.75) is 135 Å². The van der Waals surface area contributed by atoms with E-state index in [0.717, 1.165) is 71.5 Å². The van der Waals surface area contributed by atoms with Crippen molar-refractivity contribution in [3.8, 4) is 0 Å². The number of nitrogens with zero attached hydrogens (tertiary/aromatic N) is 6. The van der Waals surface area contributed by atoms with Crippen molar-refractivity contribution in [3.63, 3.8) is 0 Å². The van der Waals surface area contributed by atoms with E-state index in [9.17, 15) is 5.11 Å². The molecule has 0 saturated carbocycles. The summed E-state index contributed by atoms with van der Waals surface area (Å²) in [6.07, 6.45) is 4.24. The van der Waals surface area contributed by atoms with Crippen LogP contribution in [0.25, 0.3) is 0 Å². The van der Waals surface area contributed by atoms with E-state index in [1.54, 1.807) is 0 Å². The Morgan fingerprint density at radius 2 is 1.00 bits per heavy atom. The van der Waals surface area contributed by atoms with E-state index >= 15 is 0 Å². The zero-order valence-corrected chi connectivity index (χ0v) is 33.2. The third-order valence-electron chi connectivity index (χ3n) is 11.9. The Morgan fingerprint density at radius 3 is 1.47 bits per heavy atom. The second kappa shape index (κ2) is 20.7. The van der Waals surface area contributed by atoms with E-state index in [0.29, 0.717) is 48.5 Å². The van der Waals surface area contributed by atoms with Crippen LogP contribution in [-0.2, 0) is 9.47 Å². The van der Waals surface area contributed by atoms with Crippen LogP contribution in [0.3, 0.4) is 0 Å². The Labute approximate surface area is 301 Å². The van der Waals surface area contributed by atoms with Gasteiger partial charge in [-0.1, -0.05) is 0 Å². The third kappa shape index (κ3) is 13.2. The summed E-state index contributed by atoms with van der Waals surface area (Å²) < 4.78 is 11.4. The standard InChI is InChI=1S/3C10H20N2O.C8H18N2/c2*1-8(2)12-5-3-10-9(7-12)11-4-6-13-10;1-8(2)11-3-4-12-7-10(13)5-9(12)6-11;1-8(2)10-6-4-9(3)5-7-10/h2*8-11H,3-7H2,1-2H3;8-10,13H,3-7H2,1-2H3;8H,4-7H2,1-3H3/t2*9-,10-;9-,10+;/m100./s1. The zero-order valence-electron chi connectivity index (χ0n) is 33.2. The summed E-state index contributed by atoms with van der Waals surface area (Å²) in [4.78, 5) is 14.9. The molecule has 49 heavy (non-hydrogen) atoms. The van der Waals surface area contributed by atoms with Crippen molar-refractivity contribution >= 4 is 0 Å². The predicted octanol–water partition coefficient (Wildman–Crippen LogP) is 1.70. The number of aliphatic hydroxyl groups is 1.